The van der Waals surface area contributed by atoms with Crippen molar-refractivity contribution in [2.24, 2.45) is 5.41 Å². The van der Waals surface area contributed by atoms with Crippen molar-refractivity contribution in [1.29, 1.82) is 0 Å². The Bertz CT molecular complexity index is 735. The van der Waals surface area contributed by atoms with Crippen LogP contribution >= 0.6 is 0 Å². The molecule has 1 atom stereocenters. The van der Waals surface area contributed by atoms with E-state index in [-0.39, 0.29) is 17.1 Å². The fraction of sp³-hybridized carbons (Fsp3) is 0.556. The molecule has 25 heavy (non-hydrogen) atoms. The smallest absolute Gasteiger partial charge is 0.222 e. The number of pyridine rings is 1. The van der Waals surface area contributed by atoms with Gasteiger partial charge in [0.2, 0.25) is 15.9 Å². The molecule has 1 aromatic heterocycles. The van der Waals surface area contributed by atoms with Gasteiger partial charge in [-0.3, -0.25) is 9.78 Å². The van der Waals surface area contributed by atoms with Crippen LogP contribution in [0.1, 0.15) is 31.2 Å². The molecule has 1 aromatic rings. The fourth-order valence-corrected chi connectivity index (χ4v) is 5.33. The van der Waals surface area contributed by atoms with Crippen molar-refractivity contribution in [2.75, 3.05) is 25.4 Å². The number of hydrogen-bond donors (Lipinski definition) is 0. The molecule has 3 rings (SSSR count). The molecule has 1 spiro atoms. The van der Waals surface area contributed by atoms with Crippen LogP contribution in [0.25, 0.3) is 0 Å². The van der Waals surface area contributed by atoms with Gasteiger partial charge in [0.05, 0.1) is 5.75 Å². The molecule has 7 heteroatoms. The monoisotopic (exact) mass is 363 g/mol. The Kier molecular flexibility index (Phi) is 5.24. The molecule has 6 nitrogen and oxygen atoms in total. The van der Waals surface area contributed by atoms with E-state index < -0.39 is 10.0 Å². The largest absolute Gasteiger partial charge is 0.338 e. The summed E-state index contributed by atoms with van der Waals surface area (Å²) in [6.07, 6.45) is 7.95. The summed E-state index contributed by atoms with van der Waals surface area (Å²) in [5.74, 6) is 0.122. The van der Waals surface area contributed by atoms with Crippen molar-refractivity contribution in [3.8, 4) is 0 Å². The number of carbonyl (C=O) groups is 1. The van der Waals surface area contributed by atoms with Gasteiger partial charge in [-0.25, -0.2) is 12.7 Å². The number of carbonyl (C=O) groups excluding carboxylic acids is 1. The highest BCUT2D eigenvalue weighted by atomic mass is 32.2. The van der Waals surface area contributed by atoms with Gasteiger partial charge >= 0.3 is 0 Å². The van der Waals surface area contributed by atoms with E-state index in [4.69, 9.17) is 0 Å². The maximum atomic E-state index is 12.4. The topological polar surface area (TPSA) is 70.6 Å². The molecular weight excluding hydrogens is 338 g/mol. The second kappa shape index (κ2) is 7.25. The minimum absolute atomic E-state index is 0.0251. The summed E-state index contributed by atoms with van der Waals surface area (Å²) >= 11 is 0. The third-order valence-electron chi connectivity index (χ3n) is 5.22. The van der Waals surface area contributed by atoms with Gasteiger partial charge in [0, 0.05) is 50.4 Å². The number of nitrogens with zero attached hydrogens (tertiary/aromatic N) is 3. The first-order valence-electron chi connectivity index (χ1n) is 8.70. The molecule has 1 amide bonds. The minimum atomic E-state index is -3.30. The molecule has 2 aliphatic rings. The van der Waals surface area contributed by atoms with Crippen LogP contribution in [0.3, 0.4) is 0 Å². The van der Waals surface area contributed by atoms with E-state index in [0.29, 0.717) is 32.6 Å². The lowest BCUT2D eigenvalue weighted by molar-refractivity contribution is -0.139. The molecule has 3 heterocycles. The van der Waals surface area contributed by atoms with Crippen LogP contribution in [-0.4, -0.2) is 53.9 Å². The van der Waals surface area contributed by atoms with E-state index >= 15 is 0 Å². The average molecular weight is 363 g/mol. The number of amides is 1. The summed E-state index contributed by atoms with van der Waals surface area (Å²) < 4.78 is 26.4. The molecule has 0 saturated carbocycles. The quantitative estimate of drug-likeness (QED) is 0.748. The van der Waals surface area contributed by atoms with Crippen LogP contribution in [0, 0.1) is 5.41 Å². The highest BCUT2D eigenvalue weighted by Crippen LogP contribution is 2.40. The zero-order valence-corrected chi connectivity index (χ0v) is 15.2. The number of rotatable bonds is 5. The normalized spacial score (nSPS) is 25.3. The molecule has 2 saturated heterocycles. The van der Waals surface area contributed by atoms with Crippen molar-refractivity contribution >= 4 is 15.9 Å². The zero-order valence-electron chi connectivity index (χ0n) is 14.4. The first kappa shape index (κ1) is 18.1. The Hall–Kier alpha value is -1.73. The van der Waals surface area contributed by atoms with Crippen LogP contribution in [-0.2, 0) is 21.4 Å². The Labute approximate surface area is 149 Å². The number of aromatic nitrogens is 1. The molecule has 0 aliphatic carbocycles. The van der Waals surface area contributed by atoms with Crippen LogP contribution in [0.4, 0.5) is 0 Å². The predicted molar refractivity (Wildman–Crippen MR) is 96.1 cm³/mol. The zero-order chi connectivity index (χ0) is 17.9. The third-order valence-corrected chi connectivity index (χ3v) is 6.97. The molecular formula is C18H25N3O3S. The molecule has 2 aliphatic heterocycles. The lowest BCUT2D eigenvalue weighted by Gasteiger charge is -2.47. The number of piperidine rings is 2. The van der Waals surface area contributed by atoms with Gasteiger partial charge in [0.15, 0.2) is 0 Å². The number of sulfonamides is 1. The van der Waals surface area contributed by atoms with Gasteiger partial charge in [-0.1, -0.05) is 6.08 Å². The minimum Gasteiger partial charge on any atom is -0.338 e. The maximum Gasteiger partial charge on any atom is 0.222 e. The molecule has 2 fully saturated rings. The Morgan fingerprint density at radius 1 is 1.24 bits per heavy atom. The second-order valence-corrected chi connectivity index (χ2v) is 9.12. The van der Waals surface area contributed by atoms with Gasteiger partial charge in [-0.15, -0.1) is 6.58 Å². The fourth-order valence-electron chi connectivity index (χ4n) is 3.94. The average Bonchev–Trinajstić information content (AvgIpc) is 2.59. The summed E-state index contributed by atoms with van der Waals surface area (Å²) in [4.78, 5) is 18.3. The van der Waals surface area contributed by atoms with Crippen molar-refractivity contribution in [2.45, 2.75) is 32.2 Å². The van der Waals surface area contributed by atoms with Gasteiger partial charge < -0.3 is 4.90 Å². The number of likely N-dealkylation sites (tertiary alicyclic amines) is 1. The standard InChI is InChI=1S/C18H25N3O3S/c1-2-12-25(23,24)21-11-3-7-18(15-21)8-4-17(22)20(14-18)13-16-5-9-19-10-6-16/h2,5-6,9-10H,1,3-4,7-8,11-15H2/t18-/m0/s1. The molecule has 0 radical (unpaired) electrons. The van der Waals surface area contributed by atoms with Gasteiger partial charge in [-0.05, 0) is 37.0 Å². The van der Waals surface area contributed by atoms with E-state index in [1.165, 1.54) is 6.08 Å². The maximum absolute atomic E-state index is 12.4. The van der Waals surface area contributed by atoms with Crippen LogP contribution in [0.15, 0.2) is 37.2 Å². The van der Waals surface area contributed by atoms with Gasteiger partial charge in [0.1, 0.15) is 0 Å². The first-order valence-corrected chi connectivity index (χ1v) is 10.3. The summed E-state index contributed by atoms with van der Waals surface area (Å²) in [6.45, 7) is 5.80. The van der Waals surface area contributed by atoms with Gasteiger partial charge in [0.25, 0.3) is 0 Å². The van der Waals surface area contributed by atoms with Crippen molar-refractivity contribution in [1.82, 2.24) is 14.2 Å². The highest BCUT2D eigenvalue weighted by Gasteiger charge is 2.43. The van der Waals surface area contributed by atoms with Crippen molar-refractivity contribution in [3.05, 3.63) is 42.7 Å². The number of hydrogen-bond acceptors (Lipinski definition) is 4. The summed E-state index contributed by atoms with van der Waals surface area (Å²) in [5, 5.41) is 0. The highest BCUT2D eigenvalue weighted by molar-refractivity contribution is 7.89. The van der Waals surface area contributed by atoms with E-state index in [2.05, 4.69) is 11.6 Å². The van der Waals surface area contributed by atoms with Crippen molar-refractivity contribution in [3.63, 3.8) is 0 Å². The lowest BCUT2D eigenvalue weighted by atomic mass is 9.74. The third kappa shape index (κ3) is 4.10. The molecule has 0 bridgehead atoms. The van der Waals surface area contributed by atoms with E-state index in [1.807, 2.05) is 17.0 Å². The molecule has 136 valence electrons. The summed E-state index contributed by atoms with van der Waals surface area (Å²) in [7, 11) is -3.30. The van der Waals surface area contributed by atoms with Crippen LogP contribution in [0.2, 0.25) is 0 Å². The Morgan fingerprint density at radius 2 is 2.00 bits per heavy atom. The van der Waals surface area contributed by atoms with Crippen LogP contribution in [0.5, 0.6) is 0 Å². The van der Waals surface area contributed by atoms with Crippen LogP contribution < -0.4 is 0 Å². The molecule has 0 N–H and O–H groups in total. The predicted octanol–water partition coefficient (Wildman–Crippen LogP) is 1.80. The van der Waals surface area contributed by atoms with E-state index in [1.54, 1.807) is 16.7 Å². The first-order chi connectivity index (χ1) is 11.9. The van der Waals surface area contributed by atoms with Gasteiger partial charge in [-0.2, -0.15) is 0 Å². The van der Waals surface area contributed by atoms with E-state index in [0.717, 1.165) is 24.8 Å². The lowest BCUT2D eigenvalue weighted by Crippen LogP contribution is -2.55. The van der Waals surface area contributed by atoms with E-state index in [9.17, 15) is 13.2 Å². The Balaban J connectivity index is 1.74. The van der Waals surface area contributed by atoms with Crippen molar-refractivity contribution < 1.29 is 13.2 Å². The Morgan fingerprint density at radius 3 is 2.72 bits per heavy atom. The summed E-state index contributed by atoms with van der Waals surface area (Å²) in [6, 6.07) is 3.83. The summed E-state index contributed by atoms with van der Waals surface area (Å²) in [5.41, 5.74) is 0.917. The molecule has 0 unspecified atom stereocenters. The second-order valence-electron chi connectivity index (χ2n) is 7.11. The SMILES string of the molecule is C=CCS(=O)(=O)N1CCC[C@@]2(CCC(=O)N(Cc3ccncc3)C2)C1. The molecule has 0 aromatic carbocycles.